The third kappa shape index (κ3) is 2.29. The Morgan fingerprint density at radius 3 is 2.94 bits per heavy atom. The van der Waals surface area contributed by atoms with Crippen molar-refractivity contribution in [3.63, 3.8) is 0 Å². The summed E-state index contributed by atoms with van der Waals surface area (Å²) in [6, 6.07) is 4.44. The van der Waals surface area contributed by atoms with Crippen LogP contribution in [0.3, 0.4) is 0 Å². The lowest BCUT2D eigenvalue weighted by Crippen LogP contribution is -2.53. The second-order valence-corrected chi connectivity index (χ2v) is 5.17. The fourth-order valence-electron chi connectivity index (χ4n) is 3.08. The van der Waals surface area contributed by atoms with Gasteiger partial charge in [-0.3, -0.25) is 0 Å². The molecule has 1 N–H and O–H groups in total. The molecule has 1 aromatic heterocycles. The van der Waals surface area contributed by atoms with Gasteiger partial charge in [0, 0.05) is 18.8 Å². The molecule has 3 aliphatic rings. The normalized spacial score (nSPS) is 30.2. The van der Waals surface area contributed by atoms with Gasteiger partial charge in [0.15, 0.2) is 11.6 Å². The molecule has 2 bridgehead atoms. The van der Waals surface area contributed by atoms with Gasteiger partial charge in [0.1, 0.15) is 0 Å². The van der Waals surface area contributed by atoms with Gasteiger partial charge in [0.2, 0.25) is 0 Å². The largest absolute Gasteiger partial charge is 0.490 e. The molecule has 98 valence electrons. The van der Waals surface area contributed by atoms with Gasteiger partial charge in [-0.05, 0) is 50.9 Å². The van der Waals surface area contributed by atoms with E-state index in [4.69, 9.17) is 4.74 Å². The van der Waals surface area contributed by atoms with Gasteiger partial charge >= 0.3 is 0 Å². The average molecular weight is 247 g/mol. The van der Waals surface area contributed by atoms with E-state index in [2.05, 4.69) is 15.2 Å². The first-order valence-electron chi connectivity index (χ1n) is 6.93. The van der Waals surface area contributed by atoms with E-state index in [1.165, 1.54) is 25.9 Å². The number of rotatable bonds is 4. The summed E-state index contributed by atoms with van der Waals surface area (Å²) in [6.45, 7) is 6.37. The SMILES string of the molecule is CCOc1cccnc1NC1CN2CCC1CC2. The summed E-state index contributed by atoms with van der Waals surface area (Å²) in [5, 5.41) is 3.59. The number of aromatic nitrogens is 1. The first kappa shape index (κ1) is 11.8. The lowest BCUT2D eigenvalue weighted by atomic mass is 9.84. The van der Waals surface area contributed by atoms with Gasteiger partial charge in [-0.1, -0.05) is 0 Å². The Morgan fingerprint density at radius 2 is 2.28 bits per heavy atom. The topological polar surface area (TPSA) is 37.4 Å². The molecule has 4 heterocycles. The van der Waals surface area contributed by atoms with Crippen LogP contribution in [-0.4, -0.2) is 42.2 Å². The number of nitrogens with one attached hydrogen (secondary N) is 1. The minimum atomic E-state index is 0.529. The molecule has 0 saturated carbocycles. The number of nitrogens with zero attached hydrogens (tertiary/aromatic N) is 2. The van der Waals surface area contributed by atoms with Gasteiger partial charge < -0.3 is 15.0 Å². The van der Waals surface area contributed by atoms with Crippen molar-refractivity contribution >= 4 is 5.82 Å². The molecule has 0 aromatic carbocycles. The van der Waals surface area contributed by atoms with Crippen LogP contribution >= 0.6 is 0 Å². The van der Waals surface area contributed by atoms with Gasteiger partial charge in [0.25, 0.3) is 0 Å². The fourth-order valence-corrected chi connectivity index (χ4v) is 3.08. The van der Waals surface area contributed by atoms with Crippen molar-refractivity contribution in [3.8, 4) is 5.75 Å². The highest BCUT2D eigenvalue weighted by Crippen LogP contribution is 2.31. The summed E-state index contributed by atoms with van der Waals surface area (Å²) < 4.78 is 5.62. The zero-order valence-electron chi connectivity index (χ0n) is 10.9. The number of hydrogen-bond donors (Lipinski definition) is 1. The highest BCUT2D eigenvalue weighted by atomic mass is 16.5. The van der Waals surface area contributed by atoms with Crippen LogP contribution in [0.15, 0.2) is 18.3 Å². The number of hydrogen-bond acceptors (Lipinski definition) is 4. The van der Waals surface area contributed by atoms with Crippen molar-refractivity contribution in [2.75, 3.05) is 31.6 Å². The number of ether oxygens (including phenoxy) is 1. The van der Waals surface area contributed by atoms with Crippen LogP contribution in [0.5, 0.6) is 5.75 Å². The first-order valence-corrected chi connectivity index (χ1v) is 6.93. The zero-order chi connectivity index (χ0) is 12.4. The molecule has 0 spiro atoms. The lowest BCUT2D eigenvalue weighted by Gasteiger charge is -2.45. The summed E-state index contributed by atoms with van der Waals surface area (Å²) in [7, 11) is 0. The summed E-state index contributed by atoms with van der Waals surface area (Å²) in [6.07, 6.45) is 4.45. The van der Waals surface area contributed by atoms with Crippen LogP contribution in [0.25, 0.3) is 0 Å². The van der Waals surface area contributed by atoms with Crippen molar-refractivity contribution < 1.29 is 4.74 Å². The Balaban J connectivity index is 1.72. The van der Waals surface area contributed by atoms with Crippen LogP contribution in [0.1, 0.15) is 19.8 Å². The van der Waals surface area contributed by atoms with E-state index >= 15 is 0 Å². The Morgan fingerprint density at radius 1 is 1.44 bits per heavy atom. The molecule has 4 heteroatoms. The molecule has 18 heavy (non-hydrogen) atoms. The first-order chi connectivity index (χ1) is 8.86. The quantitative estimate of drug-likeness (QED) is 0.883. The number of piperidine rings is 3. The molecule has 0 radical (unpaired) electrons. The minimum absolute atomic E-state index is 0.529. The van der Waals surface area contributed by atoms with Crippen molar-refractivity contribution in [3.05, 3.63) is 18.3 Å². The molecule has 1 unspecified atom stereocenters. The molecule has 3 saturated heterocycles. The maximum Gasteiger partial charge on any atom is 0.169 e. The van der Waals surface area contributed by atoms with Crippen LogP contribution in [0.4, 0.5) is 5.82 Å². The average Bonchev–Trinajstić information content (AvgIpc) is 2.43. The maximum atomic E-state index is 5.62. The number of fused-ring (bicyclic) bond motifs is 3. The molecule has 3 aliphatic heterocycles. The standard InChI is InChI=1S/C14H21N3O/c1-2-18-13-4-3-7-15-14(13)16-12-10-17-8-5-11(12)6-9-17/h3-4,7,11-12H,2,5-6,8-10H2,1H3,(H,15,16). The van der Waals surface area contributed by atoms with Gasteiger partial charge in [0.05, 0.1) is 6.61 Å². The number of anilines is 1. The third-order valence-electron chi connectivity index (χ3n) is 4.05. The molecule has 1 aromatic rings. The van der Waals surface area contributed by atoms with Crippen LogP contribution in [0, 0.1) is 5.92 Å². The predicted octanol–water partition coefficient (Wildman–Crippen LogP) is 1.99. The van der Waals surface area contributed by atoms with E-state index in [-0.39, 0.29) is 0 Å². The molecular weight excluding hydrogens is 226 g/mol. The molecule has 3 fully saturated rings. The lowest BCUT2D eigenvalue weighted by molar-refractivity contribution is 0.0972. The monoisotopic (exact) mass is 247 g/mol. The van der Waals surface area contributed by atoms with E-state index in [1.54, 1.807) is 0 Å². The molecule has 0 amide bonds. The van der Waals surface area contributed by atoms with E-state index < -0.39 is 0 Å². The molecular formula is C14H21N3O. The van der Waals surface area contributed by atoms with Crippen molar-refractivity contribution in [1.82, 2.24) is 9.88 Å². The Hall–Kier alpha value is -1.29. The van der Waals surface area contributed by atoms with E-state index in [9.17, 15) is 0 Å². The highest BCUT2D eigenvalue weighted by Gasteiger charge is 2.34. The molecule has 0 aliphatic carbocycles. The van der Waals surface area contributed by atoms with Crippen molar-refractivity contribution in [2.24, 2.45) is 5.92 Å². The smallest absolute Gasteiger partial charge is 0.169 e. The van der Waals surface area contributed by atoms with Gasteiger partial charge in [-0.15, -0.1) is 0 Å². The number of pyridine rings is 1. The van der Waals surface area contributed by atoms with Gasteiger partial charge in [-0.2, -0.15) is 0 Å². The van der Waals surface area contributed by atoms with E-state index in [0.717, 1.165) is 24.0 Å². The maximum absolute atomic E-state index is 5.62. The summed E-state index contributed by atoms with van der Waals surface area (Å²) in [5.74, 6) is 2.57. The second kappa shape index (κ2) is 5.14. The van der Waals surface area contributed by atoms with Crippen LogP contribution in [-0.2, 0) is 0 Å². The Bertz CT molecular complexity index is 402. The molecule has 4 nitrogen and oxygen atoms in total. The summed E-state index contributed by atoms with van der Waals surface area (Å²) >= 11 is 0. The second-order valence-electron chi connectivity index (χ2n) is 5.17. The highest BCUT2D eigenvalue weighted by molar-refractivity contribution is 5.50. The van der Waals surface area contributed by atoms with Crippen molar-refractivity contribution in [2.45, 2.75) is 25.8 Å². The molecule has 1 atom stereocenters. The van der Waals surface area contributed by atoms with Gasteiger partial charge in [-0.25, -0.2) is 4.98 Å². The van der Waals surface area contributed by atoms with Crippen LogP contribution in [0.2, 0.25) is 0 Å². The Labute approximate surface area is 108 Å². The third-order valence-corrected chi connectivity index (χ3v) is 4.05. The summed E-state index contributed by atoms with van der Waals surface area (Å²) in [5.41, 5.74) is 0. The Kier molecular flexibility index (Phi) is 3.37. The zero-order valence-corrected chi connectivity index (χ0v) is 10.9. The van der Waals surface area contributed by atoms with E-state index in [0.29, 0.717) is 12.6 Å². The van der Waals surface area contributed by atoms with E-state index in [1.807, 2.05) is 25.3 Å². The van der Waals surface area contributed by atoms with Crippen LogP contribution < -0.4 is 10.1 Å². The predicted molar refractivity (Wildman–Crippen MR) is 72.0 cm³/mol. The molecule has 4 rings (SSSR count). The minimum Gasteiger partial charge on any atom is -0.490 e. The fraction of sp³-hybridized carbons (Fsp3) is 0.643. The van der Waals surface area contributed by atoms with Crippen molar-refractivity contribution in [1.29, 1.82) is 0 Å². The summed E-state index contributed by atoms with van der Waals surface area (Å²) in [4.78, 5) is 6.96.